The molecule has 5 heteroatoms. The minimum atomic E-state index is -0.997. The molecule has 0 aliphatic rings. The fourth-order valence-electron chi connectivity index (χ4n) is 1.43. The van der Waals surface area contributed by atoms with E-state index in [0.717, 1.165) is 16.3 Å². The predicted molar refractivity (Wildman–Crippen MR) is 67.3 cm³/mol. The molecule has 1 aromatic carbocycles. The molecule has 1 heterocycles. The SMILES string of the molecule is O=C(O)NCCc1csc(-c2ccccc2)n1. The number of hydrogen-bond acceptors (Lipinski definition) is 3. The van der Waals surface area contributed by atoms with Crippen LogP contribution in [0.25, 0.3) is 10.6 Å². The van der Waals surface area contributed by atoms with Gasteiger partial charge in [-0.15, -0.1) is 11.3 Å². The van der Waals surface area contributed by atoms with Crippen molar-refractivity contribution in [1.29, 1.82) is 0 Å². The number of amides is 1. The van der Waals surface area contributed by atoms with Gasteiger partial charge in [0.15, 0.2) is 0 Å². The lowest BCUT2D eigenvalue weighted by Crippen LogP contribution is -2.23. The van der Waals surface area contributed by atoms with Gasteiger partial charge < -0.3 is 10.4 Å². The Bertz CT molecular complexity index is 496. The molecule has 2 N–H and O–H groups in total. The lowest BCUT2D eigenvalue weighted by molar-refractivity contribution is 0.194. The van der Waals surface area contributed by atoms with E-state index < -0.39 is 6.09 Å². The van der Waals surface area contributed by atoms with Crippen molar-refractivity contribution in [2.24, 2.45) is 0 Å². The van der Waals surface area contributed by atoms with Crippen molar-refractivity contribution < 1.29 is 9.90 Å². The summed E-state index contributed by atoms with van der Waals surface area (Å²) in [6.45, 7) is 0.396. The highest BCUT2D eigenvalue weighted by molar-refractivity contribution is 7.13. The zero-order valence-electron chi connectivity index (χ0n) is 9.09. The second kappa shape index (κ2) is 5.45. The van der Waals surface area contributed by atoms with Crippen LogP contribution >= 0.6 is 11.3 Å². The maximum Gasteiger partial charge on any atom is 0.404 e. The standard InChI is InChI=1S/C12H12N2O2S/c15-12(16)13-7-6-10-8-17-11(14-10)9-4-2-1-3-5-9/h1-5,8,13H,6-7H2,(H,15,16). The quantitative estimate of drug-likeness (QED) is 0.874. The molecule has 0 fully saturated rings. The Labute approximate surface area is 103 Å². The molecule has 2 aromatic rings. The topological polar surface area (TPSA) is 62.2 Å². The molecule has 88 valence electrons. The van der Waals surface area contributed by atoms with Crippen LogP contribution in [0.2, 0.25) is 0 Å². The van der Waals surface area contributed by atoms with Crippen LogP contribution in [-0.4, -0.2) is 22.7 Å². The second-order valence-electron chi connectivity index (χ2n) is 3.49. The molecule has 2 rings (SSSR count). The van der Waals surface area contributed by atoms with Gasteiger partial charge in [0, 0.05) is 23.9 Å². The Morgan fingerprint density at radius 2 is 2.12 bits per heavy atom. The van der Waals surface area contributed by atoms with Crippen LogP contribution in [0.5, 0.6) is 0 Å². The van der Waals surface area contributed by atoms with Gasteiger partial charge in [-0.25, -0.2) is 9.78 Å². The molecule has 0 saturated carbocycles. The molecular weight excluding hydrogens is 236 g/mol. The summed E-state index contributed by atoms with van der Waals surface area (Å²) < 4.78 is 0. The normalized spacial score (nSPS) is 10.1. The van der Waals surface area contributed by atoms with E-state index in [9.17, 15) is 4.79 Å². The third-order valence-corrected chi connectivity index (χ3v) is 3.17. The third kappa shape index (κ3) is 3.29. The predicted octanol–water partition coefficient (Wildman–Crippen LogP) is 2.62. The monoisotopic (exact) mass is 248 g/mol. The van der Waals surface area contributed by atoms with E-state index in [1.54, 1.807) is 11.3 Å². The van der Waals surface area contributed by atoms with E-state index in [0.29, 0.717) is 13.0 Å². The summed E-state index contributed by atoms with van der Waals surface area (Å²) in [5.41, 5.74) is 2.01. The van der Waals surface area contributed by atoms with Crippen LogP contribution in [0.4, 0.5) is 4.79 Å². The number of nitrogens with zero attached hydrogens (tertiary/aromatic N) is 1. The van der Waals surface area contributed by atoms with E-state index >= 15 is 0 Å². The summed E-state index contributed by atoms with van der Waals surface area (Å²) >= 11 is 1.58. The summed E-state index contributed by atoms with van der Waals surface area (Å²) in [5, 5.41) is 13.7. The van der Waals surface area contributed by atoms with E-state index in [4.69, 9.17) is 5.11 Å². The number of rotatable bonds is 4. The molecule has 17 heavy (non-hydrogen) atoms. The number of aromatic nitrogens is 1. The maximum atomic E-state index is 10.3. The van der Waals surface area contributed by atoms with Crippen molar-refractivity contribution in [3.63, 3.8) is 0 Å². The average Bonchev–Trinajstić information content (AvgIpc) is 2.78. The van der Waals surface area contributed by atoms with Gasteiger partial charge in [0.1, 0.15) is 5.01 Å². The van der Waals surface area contributed by atoms with Crippen LogP contribution in [0.15, 0.2) is 35.7 Å². The molecule has 0 radical (unpaired) electrons. The lowest BCUT2D eigenvalue weighted by Gasteiger charge is -1.97. The number of thiazole rings is 1. The zero-order valence-corrected chi connectivity index (χ0v) is 9.91. The number of hydrogen-bond donors (Lipinski definition) is 2. The van der Waals surface area contributed by atoms with Crippen LogP contribution in [0.3, 0.4) is 0 Å². The van der Waals surface area contributed by atoms with Crippen molar-refractivity contribution in [3.8, 4) is 10.6 Å². The van der Waals surface area contributed by atoms with Crippen molar-refractivity contribution in [1.82, 2.24) is 10.3 Å². The molecule has 0 unspecified atom stereocenters. The largest absolute Gasteiger partial charge is 0.465 e. The molecule has 0 aliphatic carbocycles. The first kappa shape index (κ1) is 11.6. The Balaban J connectivity index is 1.99. The van der Waals surface area contributed by atoms with Crippen LogP contribution in [-0.2, 0) is 6.42 Å². The molecule has 1 amide bonds. The van der Waals surface area contributed by atoms with Gasteiger partial charge in [-0.2, -0.15) is 0 Å². The first-order valence-corrected chi connectivity index (χ1v) is 6.10. The molecule has 0 atom stereocenters. The zero-order chi connectivity index (χ0) is 12.1. The fraction of sp³-hybridized carbons (Fsp3) is 0.167. The van der Waals surface area contributed by atoms with Gasteiger partial charge in [-0.05, 0) is 0 Å². The minimum absolute atomic E-state index is 0.396. The molecule has 0 aliphatic heterocycles. The highest BCUT2D eigenvalue weighted by atomic mass is 32.1. The molecule has 4 nitrogen and oxygen atoms in total. The number of benzene rings is 1. The minimum Gasteiger partial charge on any atom is -0.465 e. The van der Waals surface area contributed by atoms with Gasteiger partial charge in [0.25, 0.3) is 0 Å². The molecule has 0 saturated heterocycles. The van der Waals surface area contributed by atoms with Crippen molar-refractivity contribution in [3.05, 3.63) is 41.4 Å². The Morgan fingerprint density at radius 3 is 2.82 bits per heavy atom. The van der Waals surface area contributed by atoms with Gasteiger partial charge >= 0.3 is 6.09 Å². The molecular formula is C12H12N2O2S. The molecule has 1 aromatic heterocycles. The summed E-state index contributed by atoms with van der Waals surface area (Å²) in [4.78, 5) is 14.8. The Hall–Kier alpha value is -1.88. The highest BCUT2D eigenvalue weighted by Gasteiger charge is 2.04. The van der Waals surface area contributed by atoms with Crippen molar-refractivity contribution in [2.75, 3.05) is 6.54 Å². The van der Waals surface area contributed by atoms with E-state index in [1.807, 2.05) is 35.7 Å². The highest BCUT2D eigenvalue weighted by Crippen LogP contribution is 2.23. The number of carboxylic acid groups (broad SMARTS) is 1. The summed E-state index contributed by atoms with van der Waals surface area (Å²) in [5.74, 6) is 0. The average molecular weight is 248 g/mol. The van der Waals surface area contributed by atoms with E-state index in [-0.39, 0.29) is 0 Å². The van der Waals surface area contributed by atoms with E-state index in [2.05, 4.69) is 10.3 Å². The molecule has 0 spiro atoms. The summed E-state index contributed by atoms with van der Waals surface area (Å²) in [6.07, 6.45) is -0.376. The molecule has 0 bridgehead atoms. The van der Waals surface area contributed by atoms with Crippen molar-refractivity contribution in [2.45, 2.75) is 6.42 Å². The van der Waals surface area contributed by atoms with Crippen LogP contribution in [0.1, 0.15) is 5.69 Å². The van der Waals surface area contributed by atoms with Crippen LogP contribution in [0, 0.1) is 0 Å². The summed E-state index contributed by atoms with van der Waals surface area (Å²) in [7, 11) is 0. The van der Waals surface area contributed by atoms with E-state index in [1.165, 1.54) is 0 Å². The smallest absolute Gasteiger partial charge is 0.404 e. The maximum absolute atomic E-state index is 10.3. The second-order valence-corrected chi connectivity index (χ2v) is 4.35. The third-order valence-electron chi connectivity index (χ3n) is 2.23. The number of carbonyl (C=O) groups is 1. The van der Waals surface area contributed by atoms with Crippen LogP contribution < -0.4 is 5.32 Å². The summed E-state index contributed by atoms with van der Waals surface area (Å²) in [6, 6.07) is 9.94. The van der Waals surface area contributed by atoms with Gasteiger partial charge in [-0.3, -0.25) is 0 Å². The Kier molecular flexibility index (Phi) is 3.72. The van der Waals surface area contributed by atoms with Crippen molar-refractivity contribution >= 4 is 17.4 Å². The van der Waals surface area contributed by atoms with Gasteiger partial charge in [0.05, 0.1) is 5.69 Å². The lowest BCUT2D eigenvalue weighted by atomic mass is 10.2. The van der Waals surface area contributed by atoms with Gasteiger partial charge in [-0.1, -0.05) is 30.3 Å². The van der Waals surface area contributed by atoms with Gasteiger partial charge in [0.2, 0.25) is 0 Å². The first-order chi connectivity index (χ1) is 8.25. The fourth-order valence-corrected chi connectivity index (χ4v) is 2.29. The Morgan fingerprint density at radius 1 is 1.35 bits per heavy atom. The number of nitrogens with one attached hydrogen (secondary N) is 1. The first-order valence-electron chi connectivity index (χ1n) is 5.22.